The second kappa shape index (κ2) is 7.35. The number of benzene rings is 1. The van der Waals surface area contributed by atoms with E-state index < -0.39 is 0 Å². The maximum Gasteiger partial charge on any atom is 0.271 e. The van der Waals surface area contributed by atoms with Gasteiger partial charge in [0.15, 0.2) is 0 Å². The lowest BCUT2D eigenvalue weighted by molar-refractivity contribution is 0.0943. The molecule has 7 nitrogen and oxygen atoms in total. The molecular weight excluding hydrogens is 330 g/mol. The Hall–Kier alpha value is -3.22. The van der Waals surface area contributed by atoms with Crippen LogP contribution in [0.3, 0.4) is 0 Å². The van der Waals surface area contributed by atoms with Crippen LogP contribution in [0.5, 0.6) is 0 Å². The molecule has 3 rings (SSSR count). The predicted molar refractivity (Wildman–Crippen MR) is 97.9 cm³/mol. The first-order valence-corrected chi connectivity index (χ1v) is 8.34. The molecule has 1 aromatic carbocycles. The summed E-state index contributed by atoms with van der Waals surface area (Å²) in [4.78, 5) is 23.5. The summed E-state index contributed by atoms with van der Waals surface area (Å²) in [5.41, 5.74) is 4.17. The minimum absolute atomic E-state index is 0.214. The van der Waals surface area contributed by atoms with E-state index in [-0.39, 0.29) is 17.2 Å². The Kier molecular flexibility index (Phi) is 4.97. The molecular formula is C19H21N5O2. The van der Waals surface area contributed by atoms with E-state index in [1.54, 1.807) is 0 Å². The predicted octanol–water partition coefficient (Wildman–Crippen LogP) is 1.57. The quantitative estimate of drug-likeness (QED) is 0.756. The van der Waals surface area contributed by atoms with Crippen LogP contribution in [0.4, 0.5) is 0 Å². The van der Waals surface area contributed by atoms with Gasteiger partial charge in [-0.25, -0.2) is 4.68 Å². The topological polar surface area (TPSA) is 81.8 Å². The van der Waals surface area contributed by atoms with Gasteiger partial charge in [0.1, 0.15) is 5.69 Å². The van der Waals surface area contributed by atoms with Gasteiger partial charge >= 0.3 is 0 Å². The lowest BCUT2D eigenvalue weighted by atomic mass is 10.1. The van der Waals surface area contributed by atoms with Crippen LogP contribution in [0.15, 0.2) is 47.3 Å². The van der Waals surface area contributed by atoms with E-state index >= 15 is 0 Å². The van der Waals surface area contributed by atoms with Crippen LogP contribution < -0.4 is 10.9 Å². The first kappa shape index (κ1) is 17.6. The average molecular weight is 351 g/mol. The molecule has 1 amide bonds. The summed E-state index contributed by atoms with van der Waals surface area (Å²) in [5, 5.41) is 11.3. The third-order valence-electron chi connectivity index (χ3n) is 4.07. The van der Waals surface area contributed by atoms with Crippen molar-refractivity contribution in [3.8, 4) is 0 Å². The van der Waals surface area contributed by atoms with Crippen LogP contribution in [0.1, 0.15) is 33.0 Å². The Labute approximate surface area is 151 Å². The van der Waals surface area contributed by atoms with Crippen molar-refractivity contribution in [2.75, 3.05) is 0 Å². The molecule has 0 fully saturated rings. The number of carbonyl (C=O) groups excluding carboxylic acids is 1. The van der Waals surface area contributed by atoms with Gasteiger partial charge in [-0.1, -0.05) is 24.3 Å². The molecule has 134 valence electrons. The zero-order chi connectivity index (χ0) is 18.7. The van der Waals surface area contributed by atoms with E-state index in [1.165, 1.54) is 19.2 Å². The Morgan fingerprint density at radius 3 is 2.54 bits per heavy atom. The minimum Gasteiger partial charge on any atom is -0.347 e. The molecule has 1 N–H and O–H groups in total. The molecule has 7 heteroatoms. The molecule has 2 aromatic heterocycles. The maximum atomic E-state index is 12.2. The van der Waals surface area contributed by atoms with Crippen molar-refractivity contribution < 1.29 is 4.79 Å². The number of aromatic nitrogens is 4. The first-order valence-electron chi connectivity index (χ1n) is 8.34. The molecule has 0 aliphatic heterocycles. The molecule has 0 aliphatic rings. The van der Waals surface area contributed by atoms with Crippen LogP contribution in [0.2, 0.25) is 0 Å². The van der Waals surface area contributed by atoms with Gasteiger partial charge in [0.25, 0.3) is 11.5 Å². The molecule has 26 heavy (non-hydrogen) atoms. The van der Waals surface area contributed by atoms with Gasteiger partial charge in [0.05, 0.1) is 12.2 Å². The van der Waals surface area contributed by atoms with E-state index in [0.717, 1.165) is 27.2 Å². The van der Waals surface area contributed by atoms with Crippen LogP contribution in [0.25, 0.3) is 0 Å². The smallest absolute Gasteiger partial charge is 0.271 e. The average Bonchev–Trinajstić information content (AvgIpc) is 2.92. The fraction of sp³-hybridized carbons (Fsp3) is 0.263. The van der Waals surface area contributed by atoms with E-state index in [1.807, 2.05) is 48.9 Å². The summed E-state index contributed by atoms with van der Waals surface area (Å²) in [7, 11) is 1.52. The fourth-order valence-electron chi connectivity index (χ4n) is 2.74. The van der Waals surface area contributed by atoms with E-state index in [9.17, 15) is 9.59 Å². The second-order valence-electron chi connectivity index (χ2n) is 6.27. The third kappa shape index (κ3) is 4.05. The standard InChI is InChI=1S/C19H21N5O2/c1-13-9-14(2)24(21-13)12-16-6-4-5-15(10-16)11-20-19(26)17-7-8-18(25)23(3)22-17/h4-10H,11-12H2,1-3H3,(H,20,26). The lowest BCUT2D eigenvalue weighted by Crippen LogP contribution is -2.28. The molecule has 0 bridgehead atoms. The number of aryl methyl sites for hydroxylation is 3. The van der Waals surface area contributed by atoms with Crippen molar-refractivity contribution in [2.24, 2.45) is 7.05 Å². The summed E-state index contributed by atoms with van der Waals surface area (Å²) in [6, 6.07) is 12.8. The highest BCUT2D eigenvalue weighted by molar-refractivity contribution is 5.91. The van der Waals surface area contributed by atoms with E-state index in [2.05, 4.69) is 15.5 Å². The highest BCUT2D eigenvalue weighted by Crippen LogP contribution is 2.10. The van der Waals surface area contributed by atoms with Crippen molar-refractivity contribution in [1.82, 2.24) is 24.9 Å². The molecule has 0 atom stereocenters. The Morgan fingerprint density at radius 2 is 1.85 bits per heavy atom. The summed E-state index contributed by atoms with van der Waals surface area (Å²) in [6.07, 6.45) is 0. The van der Waals surface area contributed by atoms with Crippen LogP contribution >= 0.6 is 0 Å². The van der Waals surface area contributed by atoms with Crippen LogP contribution in [0, 0.1) is 13.8 Å². The molecule has 3 aromatic rings. The summed E-state index contributed by atoms with van der Waals surface area (Å²) in [6.45, 7) is 5.07. The Bertz CT molecular complexity index is 1000. The summed E-state index contributed by atoms with van der Waals surface area (Å²) < 4.78 is 3.10. The van der Waals surface area contributed by atoms with Crippen molar-refractivity contribution in [3.05, 3.63) is 81.0 Å². The highest BCUT2D eigenvalue weighted by atomic mass is 16.2. The van der Waals surface area contributed by atoms with E-state index in [0.29, 0.717) is 13.1 Å². The summed E-state index contributed by atoms with van der Waals surface area (Å²) >= 11 is 0. The molecule has 0 saturated carbocycles. The number of hydrogen-bond acceptors (Lipinski definition) is 4. The number of nitrogens with one attached hydrogen (secondary N) is 1. The number of amides is 1. The molecule has 2 heterocycles. The zero-order valence-electron chi connectivity index (χ0n) is 15.1. The number of carbonyl (C=O) groups is 1. The fourth-order valence-corrected chi connectivity index (χ4v) is 2.74. The highest BCUT2D eigenvalue weighted by Gasteiger charge is 2.09. The molecule has 0 radical (unpaired) electrons. The molecule has 0 aliphatic carbocycles. The van der Waals surface area contributed by atoms with Gasteiger partial charge in [-0.15, -0.1) is 0 Å². The van der Waals surface area contributed by atoms with Gasteiger partial charge < -0.3 is 5.32 Å². The number of nitrogens with zero attached hydrogens (tertiary/aromatic N) is 4. The van der Waals surface area contributed by atoms with Crippen molar-refractivity contribution >= 4 is 5.91 Å². The Balaban J connectivity index is 1.66. The Morgan fingerprint density at radius 1 is 1.08 bits per heavy atom. The minimum atomic E-state index is -0.315. The SMILES string of the molecule is Cc1cc(C)n(Cc2cccc(CNC(=O)c3ccc(=O)n(C)n3)c2)n1. The van der Waals surface area contributed by atoms with Gasteiger partial charge in [-0.05, 0) is 37.1 Å². The van der Waals surface area contributed by atoms with Crippen molar-refractivity contribution in [2.45, 2.75) is 26.9 Å². The zero-order valence-corrected chi connectivity index (χ0v) is 15.1. The molecule has 0 spiro atoms. The lowest BCUT2D eigenvalue weighted by Gasteiger charge is -2.09. The molecule has 0 unspecified atom stereocenters. The van der Waals surface area contributed by atoms with Gasteiger partial charge in [-0.2, -0.15) is 10.2 Å². The number of rotatable bonds is 5. The van der Waals surface area contributed by atoms with Gasteiger partial charge in [0.2, 0.25) is 0 Å². The van der Waals surface area contributed by atoms with Crippen molar-refractivity contribution in [1.29, 1.82) is 0 Å². The van der Waals surface area contributed by atoms with Crippen LogP contribution in [-0.4, -0.2) is 25.5 Å². The van der Waals surface area contributed by atoms with Gasteiger partial charge in [-0.3, -0.25) is 14.3 Å². The van der Waals surface area contributed by atoms with Gasteiger partial charge in [0, 0.05) is 25.4 Å². The van der Waals surface area contributed by atoms with Crippen LogP contribution in [-0.2, 0) is 20.1 Å². The summed E-state index contributed by atoms with van der Waals surface area (Å²) in [5.74, 6) is -0.315. The van der Waals surface area contributed by atoms with E-state index in [4.69, 9.17) is 0 Å². The largest absolute Gasteiger partial charge is 0.347 e. The third-order valence-corrected chi connectivity index (χ3v) is 4.07. The second-order valence-corrected chi connectivity index (χ2v) is 6.27. The maximum absolute atomic E-state index is 12.2. The normalized spacial score (nSPS) is 10.7. The molecule has 0 saturated heterocycles. The monoisotopic (exact) mass is 351 g/mol. The number of hydrogen-bond donors (Lipinski definition) is 1. The first-order chi connectivity index (χ1) is 12.4. The van der Waals surface area contributed by atoms with Crippen molar-refractivity contribution in [3.63, 3.8) is 0 Å².